The van der Waals surface area contributed by atoms with E-state index in [1.165, 1.54) is 0 Å². The number of nitrogens with zero attached hydrogens (tertiary/aromatic N) is 3. The van der Waals surface area contributed by atoms with Crippen LogP contribution in [0.2, 0.25) is 0 Å². The number of hydrogen-bond acceptors (Lipinski definition) is 4. The van der Waals surface area contributed by atoms with Crippen molar-refractivity contribution >= 4 is 16.9 Å². The summed E-state index contributed by atoms with van der Waals surface area (Å²) >= 11 is 0. The van der Waals surface area contributed by atoms with Gasteiger partial charge in [0, 0.05) is 19.2 Å². The largest absolute Gasteiger partial charge is 0.464 e. The monoisotopic (exact) mass is 394 g/mol. The predicted molar refractivity (Wildman–Crippen MR) is 116 cm³/mol. The molecule has 0 radical (unpaired) electrons. The van der Waals surface area contributed by atoms with Crippen LogP contribution >= 0.6 is 0 Å². The highest BCUT2D eigenvalue weighted by Crippen LogP contribution is 2.33. The molecule has 2 heterocycles. The van der Waals surface area contributed by atoms with Gasteiger partial charge in [-0.2, -0.15) is 10.1 Å². The zero-order valence-corrected chi connectivity index (χ0v) is 17.9. The van der Waals surface area contributed by atoms with Crippen molar-refractivity contribution < 1.29 is 9.53 Å². The first kappa shape index (κ1) is 20.8. The molecule has 0 saturated carbocycles. The molecular formula is C23H30N4O2. The van der Waals surface area contributed by atoms with Crippen LogP contribution in [0.25, 0.3) is 22.2 Å². The lowest BCUT2D eigenvalue weighted by Gasteiger charge is -2.16. The summed E-state index contributed by atoms with van der Waals surface area (Å²) in [7, 11) is 0. The number of carbonyl (C=O) groups is 1. The van der Waals surface area contributed by atoms with Gasteiger partial charge in [-0.3, -0.25) is 4.79 Å². The lowest BCUT2D eigenvalue weighted by molar-refractivity contribution is -0.127. The Hall–Kier alpha value is -2.89. The normalized spacial score (nSPS) is 12.3. The van der Waals surface area contributed by atoms with Crippen LogP contribution in [0.1, 0.15) is 39.8 Å². The van der Waals surface area contributed by atoms with Gasteiger partial charge in [-0.25, -0.2) is 4.68 Å². The van der Waals surface area contributed by atoms with E-state index in [-0.39, 0.29) is 5.91 Å². The Morgan fingerprint density at radius 1 is 1.21 bits per heavy atom. The van der Waals surface area contributed by atoms with Crippen molar-refractivity contribution in [3.63, 3.8) is 0 Å². The number of aryl methyl sites for hydroxylation is 2. The van der Waals surface area contributed by atoms with E-state index in [2.05, 4.69) is 41.4 Å². The summed E-state index contributed by atoms with van der Waals surface area (Å²) in [4.78, 5) is 17.1. The van der Waals surface area contributed by atoms with E-state index in [0.717, 1.165) is 34.3 Å². The van der Waals surface area contributed by atoms with Gasteiger partial charge in [-0.05, 0) is 44.2 Å². The number of ether oxygens (including phenoxy) is 1. The first-order valence-electron chi connectivity index (χ1n) is 10.3. The van der Waals surface area contributed by atoms with E-state index in [4.69, 9.17) is 4.74 Å². The Bertz CT molecular complexity index is 979. The van der Waals surface area contributed by atoms with E-state index in [1.54, 1.807) is 6.92 Å². The average molecular weight is 395 g/mol. The van der Waals surface area contributed by atoms with Crippen LogP contribution in [0.15, 0.2) is 36.4 Å². The van der Waals surface area contributed by atoms with Crippen LogP contribution in [0.5, 0.6) is 5.88 Å². The minimum atomic E-state index is -0.630. The first-order chi connectivity index (χ1) is 13.9. The predicted octanol–water partition coefficient (Wildman–Crippen LogP) is 4.36. The lowest BCUT2D eigenvalue weighted by atomic mass is 10.0. The Balaban J connectivity index is 1.93. The zero-order chi connectivity index (χ0) is 21.0. The Morgan fingerprint density at radius 3 is 2.59 bits per heavy atom. The number of rotatable bonds is 8. The molecule has 0 aliphatic rings. The number of aromatic nitrogens is 3. The highest BCUT2D eigenvalue weighted by molar-refractivity contribution is 5.95. The fourth-order valence-corrected chi connectivity index (χ4v) is 3.32. The summed E-state index contributed by atoms with van der Waals surface area (Å²) in [6, 6.07) is 12.0. The molecule has 0 aliphatic carbocycles. The summed E-state index contributed by atoms with van der Waals surface area (Å²) in [5.74, 6) is 0.841. The molecule has 6 heteroatoms. The second kappa shape index (κ2) is 9.07. The molecule has 6 nitrogen and oxygen atoms in total. The third-order valence-electron chi connectivity index (χ3n) is 4.93. The molecule has 0 spiro atoms. The van der Waals surface area contributed by atoms with E-state index in [1.807, 2.05) is 42.8 Å². The standard InChI is InChI=1S/C23H30N4O2/c1-6-27-22-21(16(4)26-27)19(18-10-8-7-9-11-18)14-20(25-22)29-17(5)23(28)24-13-12-15(2)3/h7-11,14-15,17H,6,12-13H2,1-5H3,(H,24,28). The summed E-state index contributed by atoms with van der Waals surface area (Å²) in [6.45, 7) is 11.4. The first-order valence-corrected chi connectivity index (χ1v) is 10.3. The fourth-order valence-electron chi connectivity index (χ4n) is 3.32. The molecular weight excluding hydrogens is 364 g/mol. The van der Waals surface area contributed by atoms with Gasteiger partial charge in [0.1, 0.15) is 0 Å². The lowest BCUT2D eigenvalue weighted by Crippen LogP contribution is -2.37. The number of carbonyl (C=O) groups excluding carboxylic acids is 1. The number of hydrogen-bond donors (Lipinski definition) is 1. The molecule has 1 N–H and O–H groups in total. The molecule has 1 unspecified atom stereocenters. The van der Waals surface area contributed by atoms with Gasteiger partial charge in [-0.1, -0.05) is 44.2 Å². The van der Waals surface area contributed by atoms with Crippen molar-refractivity contribution in [2.75, 3.05) is 6.54 Å². The maximum atomic E-state index is 12.4. The van der Waals surface area contributed by atoms with E-state index >= 15 is 0 Å². The van der Waals surface area contributed by atoms with Crippen molar-refractivity contribution in [2.24, 2.45) is 5.92 Å². The average Bonchev–Trinajstić information content (AvgIpc) is 3.03. The molecule has 1 aromatic carbocycles. The van der Waals surface area contributed by atoms with Gasteiger partial charge in [0.2, 0.25) is 5.88 Å². The van der Waals surface area contributed by atoms with Crippen LogP contribution in [-0.2, 0) is 11.3 Å². The smallest absolute Gasteiger partial charge is 0.260 e. The topological polar surface area (TPSA) is 69.0 Å². The maximum Gasteiger partial charge on any atom is 0.260 e. The van der Waals surface area contributed by atoms with Crippen LogP contribution in [-0.4, -0.2) is 33.3 Å². The van der Waals surface area contributed by atoms with Gasteiger partial charge >= 0.3 is 0 Å². The molecule has 154 valence electrons. The number of nitrogens with one attached hydrogen (secondary N) is 1. The maximum absolute atomic E-state index is 12.4. The fraction of sp³-hybridized carbons (Fsp3) is 0.435. The van der Waals surface area contributed by atoms with Gasteiger partial charge in [0.25, 0.3) is 5.91 Å². The van der Waals surface area contributed by atoms with Gasteiger partial charge in [0.15, 0.2) is 11.8 Å². The van der Waals surface area contributed by atoms with Crippen LogP contribution < -0.4 is 10.1 Å². The summed E-state index contributed by atoms with van der Waals surface area (Å²) < 4.78 is 7.82. The Morgan fingerprint density at radius 2 is 1.93 bits per heavy atom. The third kappa shape index (κ3) is 4.75. The minimum Gasteiger partial charge on any atom is -0.464 e. The summed E-state index contributed by atoms with van der Waals surface area (Å²) in [6.07, 6.45) is 0.310. The quantitative estimate of drug-likeness (QED) is 0.616. The SMILES string of the molecule is CCn1nc(C)c2c(-c3ccccc3)cc(OC(C)C(=O)NCCC(C)C)nc21. The Labute approximate surface area is 172 Å². The van der Waals surface area contributed by atoms with Crippen molar-refractivity contribution in [1.29, 1.82) is 0 Å². The highest BCUT2D eigenvalue weighted by Gasteiger charge is 2.20. The van der Waals surface area contributed by atoms with Crippen LogP contribution in [0, 0.1) is 12.8 Å². The zero-order valence-electron chi connectivity index (χ0n) is 17.9. The van der Waals surface area contributed by atoms with E-state index in [0.29, 0.717) is 24.9 Å². The van der Waals surface area contributed by atoms with E-state index in [9.17, 15) is 4.79 Å². The summed E-state index contributed by atoms with van der Waals surface area (Å²) in [5.41, 5.74) is 3.78. The van der Waals surface area contributed by atoms with Gasteiger partial charge in [0.05, 0.1) is 11.1 Å². The number of amides is 1. The molecule has 2 aromatic heterocycles. The molecule has 1 atom stereocenters. The van der Waals surface area contributed by atoms with Gasteiger partial charge < -0.3 is 10.1 Å². The van der Waals surface area contributed by atoms with Crippen LogP contribution in [0.4, 0.5) is 0 Å². The summed E-state index contributed by atoms with van der Waals surface area (Å²) in [5, 5.41) is 8.57. The van der Waals surface area contributed by atoms with Crippen molar-refractivity contribution in [2.45, 2.75) is 53.7 Å². The number of fused-ring (bicyclic) bond motifs is 1. The molecule has 0 fully saturated rings. The van der Waals surface area contributed by atoms with Crippen molar-refractivity contribution in [3.05, 3.63) is 42.1 Å². The molecule has 29 heavy (non-hydrogen) atoms. The molecule has 3 aromatic rings. The van der Waals surface area contributed by atoms with Crippen LogP contribution in [0.3, 0.4) is 0 Å². The molecule has 0 bridgehead atoms. The Kier molecular flexibility index (Phi) is 6.52. The highest BCUT2D eigenvalue weighted by atomic mass is 16.5. The minimum absolute atomic E-state index is 0.131. The third-order valence-corrected chi connectivity index (χ3v) is 4.93. The molecule has 0 saturated heterocycles. The second-order valence-electron chi connectivity index (χ2n) is 7.71. The number of pyridine rings is 1. The van der Waals surface area contributed by atoms with Gasteiger partial charge in [-0.15, -0.1) is 0 Å². The molecule has 1 amide bonds. The molecule has 0 aliphatic heterocycles. The second-order valence-corrected chi connectivity index (χ2v) is 7.71. The number of benzene rings is 1. The molecule has 3 rings (SSSR count). The van der Waals surface area contributed by atoms with E-state index < -0.39 is 6.10 Å². The van der Waals surface area contributed by atoms with Crippen molar-refractivity contribution in [3.8, 4) is 17.0 Å². The van der Waals surface area contributed by atoms with Crippen molar-refractivity contribution in [1.82, 2.24) is 20.1 Å².